The van der Waals surface area contributed by atoms with Gasteiger partial charge < -0.3 is 4.42 Å². The number of pyridine rings is 1. The summed E-state index contributed by atoms with van der Waals surface area (Å²) in [4.78, 5) is 4.56. The van der Waals surface area contributed by atoms with E-state index in [1.807, 2.05) is 42.5 Å². The molecule has 2 heterocycles. The molecule has 4 aromatic rings. The number of fused-ring (bicyclic) bond motifs is 3. The van der Waals surface area contributed by atoms with Crippen molar-refractivity contribution in [2.75, 3.05) is 0 Å². The van der Waals surface area contributed by atoms with E-state index in [-0.39, 0.29) is 5.92 Å². The molecule has 2 nitrogen and oxygen atoms in total. The Labute approximate surface area is 156 Å². The predicted octanol–water partition coefficient (Wildman–Crippen LogP) is 6.77. The Bertz CT molecular complexity index is 1140. The second-order valence-corrected chi connectivity index (χ2v) is 7.19. The van der Waals surface area contributed by atoms with E-state index in [4.69, 9.17) is 7.16 Å². The van der Waals surface area contributed by atoms with Crippen LogP contribution in [0, 0.1) is 5.92 Å². The van der Waals surface area contributed by atoms with E-state index in [2.05, 4.69) is 17.1 Å². The molecule has 1 fully saturated rings. The van der Waals surface area contributed by atoms with E-state index in [0.717, 1.165) is 64.4 Å². The largest absolute Gasteiger partial charge is 0.455 e. The van der Waals surface area contributed by atoms with E-state index in [1.54, 1.807) is 6.20 Å². The van der Waals surface area contributed by atoms with E-state index < -0.39 is 6.37 Å². The van der Waals surface area contributed by atoms with Crippen LogP contribution in [0.3, 0.4) is 0 Å². The van der Waals surface area contributed by atoms with Gasteiger partial charge in [0, 0.05) is 25.3 Å². The fourth-order valence-corrected chi connectivity index (χ4v) is 4.10. The highest BCUT2D eigenvalue weighted by atomic mass is 16.3. The van der Waals surface area contributed by atoms with Gasteiger partial charge in [-0.05, 0) is 42.1 Å². The number of hydrogen-bond acceptors (Lipinski definition) is 2. The Morgan fingerprint density at radius 1 is 0.962 bits per heavy atom. The number of benzene rings is 2. The van der Waals surface area contributed by atoms with Gasteiger partial charge in [-0.3, -0.25) is 4.98 Å². The van der Waals surface area contributed by atoms with Gasteiger partial charge in [-0.1, -0.05) is 62.4 Å². The van der Waals surface area contributed by atoms with Crippen LogP contribution in [-0.4, -0.2) is 4.98 Å². The Hall–Kier alpha value is -2.61. The van der Waals surface area contributed by atoms with Gasteiger partial charge in [0.1, 0.15) is 11.2 Å². The summed E-state index contributed by atoms with van der Waals surface area (Å²) in [6.45, 7) is 0. The van der Waals surface area contributed by atoms with Crippen molar-refractivity contribution in [3.05, 3.63) is 66.4 Å². The number of furan rings is 1. The zero-order valence-corrected chi connectivity index (χ0v) is 14.7. The standard InChI is InChI=1S/C24H23NO/c1-2-7-17(8-3-1)15-18-13-14-25-22(16-18)21-11-6-10-20-19-9-4-5-12-23(19)26-24(20)21/h4-6,9-14,16-17H,1-3,7-8,15H2/i15D2. The molecule has 1 saturated carbocycles. The van der Waals surface area contributed by atoms with Gasteiger partial charge in [-0.2, -0.15) is 0 Å². The average Bonchev–Trinajstić information content (AvgIpc) is 3.13. The number of nitrogens with zero attached hydrogens (tertiary/aromatic N) is 1. The molecule has 0 spiro atoms. The molecule has 26 heavy (non-hydrogen) atoms. The van der Waals surface area contributed by atoms with Crippen LogP contribution in [0.25, 0.3) is 33.2 Å². The summed E-state index contributed by atoms with van der Waals surface area (Å²) in [5.74, 6) is 0.0819. The number of rotatable bonds is 3. The number of para-hydroxylation sites is 2. The maximum Gasteiger partial charge on any atom is 0.144 e. The summed E-state index contributed by atoms with van der Waals surface area (Å²) < 4.78 is 23.7. The maximum absolute atomic E-state index is 8.79. The molecule has 0 radical (unpaired) electrons. The summed E-state index contributed by atoms with van der Waals surface area (Å²) in [6, 6.07) is 17.9. The van der Waals surface area contributed by atoms with Crippen molar-refractivity contribution in [1.29, 1.82) is 0 Å². The molecule has 2 aromatic carbocycles. The Kier molecular flexibility index (Phi) is 3.45. The molecule has 0 unspecified atom stereocenters. The van der Waals surface area contributed by atoms with Crippen LogP contribution in [0.2, 0.25) is 0 Å². The summed E-state index contributed by atoms with van der Waals surface area (Å²) in [5.41, 5.74) is 4.07. The fourth-order valence-electron chi connectivity index (χ4n) is 4.10. The minimum Gasteiger partial charge on any atom is -0.455 e. The quantitative estimate of drug-likeness (QED) is 0.410. The number of hydrogen-bond donors (Lipinski definition) is 0. The monoisotopic (exact) mass is 343 g/mol. The molecule has 0 saturated heterocycles. The zero-order valence-electron chi connectivity index (χ0n) is 16.7. The maximum atomic E-state index is 8.79. The second-order valence-electron chi connectivity index (χ2n) is 7.19. The first-order valence-corrected chi connectivity index (χ1v) is 9.52. The van der Waals surface area contributed by atoms with Gasteiger partial charge in [0.25, 0.3) is 0 Å². The van der Waals surface area contributed by atoms with Crippen molar-refractivity contribution in [2.24, 2.45) is 5.92 Å². The molecular weight excluding hydrogens is 318 g/mol. The lowest BCUT2D eigenvalue weighted by Crippen LogP contribution is -2.09. The Morgan fingerprint density at radius 3 is 2.73 bits per heavy atom. The fraction of sp³-hybridized carbons (Fsp3) is 0.292. The molecular formula is C24H23NO. The molecule has 0 bridgehead atoms. The van der Waals surface area contributed by atoms with E-state index >= 15 is 0 Å². The summed E-state index contributed by atoms with van der Waals surface area (Å²) in [5, 5.41) is 2.16. The van der Waals surface area contributed by atoms with Crippen LogP contribution in [0.15, 0.2) is 65.2 Å². The molecule has 5 rings (SSSR count). The van der Waals surface area contributed by atoms with Gasteiger partial charge in [0.05, 0.1) is 5.69 Å². The third-order valence-electron chi connectivity index (χ3n) is 5.42. The molecule has 0 N–H and O–H groups in total. The Morgan fingerprint density at radius 2 is 1.81 bits per heavy atom. The highest BCUT2D eigenvalue weighted by molar-refractivity contribution is 6.09. The molecule has 0 amide bonds. The molecule has 1 aliphatic carbocycles. The van der Waals surface area contributed by atoms with Crippen molar-refractivity contribution in [3.8, 4) is 11.3 Å². The normalized spacial score (nSPS) is 17.4. The minimum atomic E-state index is -1.33. The SMILES string of the molecule is [2H]C([2H])(c1ccnc(-c2cccc3c2oc2ccccc23)c1)C1CCCCC1. The van der Waals surface area contributed by atoms with E-state index in [0.29, 0.717) is 0 Å². The Balaban J connectivity index is 1.62. The van der Waals surface area contributed by atoms with Gasteiger partial charge in [-0.25, -0.2) is 0 Å². The van der Waals surface area contributed by atoms with Crippen molar-refractivity contribution < 1.29 is 7.16 Å². The van der Waals surface area contributed by atoms with Gasteiger partial charge in [0.15, 0.2) is 0 Å². The topological polar surface area (TPSA) is 26.0 Å². The highest BCUT2D eigenvalue weighted by Crippen LogP contribution is 2.35. The summed E-state index contributed by atoms with van der Waals surface area (Å²) in [6.07, 6.45) is 5.80. The highest BCUT2D eigenvalue weighted by Gasteiger charge is 2.16. The van der Waals surface area contributed by atoms with Crippen LogP contribution in [0.1, 0.15) is 40.4 Å². The lowest BCUT2D eigenvalue weighted by molar-refractivity contribution is 0.356. The summed E-state index contributed by atoms with van der Waals surface area (Å²) >= 11 is 0. The first-order valence-electron chi connectivity index (χ1n) is 10.5. The van der Waals surface area contributed by atoms with Crippen LogP contribution in [0.5, 0.6) is 0 Å². The second kappa shape index (κ2) is 6.60. The third kappa shape index (κ3) is 2.80. The average molecular weight is 343 g/mol. The third-order valence-corrected chi connectivity index (χ3v) is 5.42. The van der Waals surface area contributed by atoms with Crippen molar-refractivity contribution in [3.63, 3.8) is 0 Å². The van der Waals surface area contributed by atoms with Crippen molar-refractivity contribution in [1.82, 2.24) is 4.98 Å². The molecule has 2 aromatic heterocycles. The van der Waals surface area contributed by atoms with Crippen molar-refractivity contribution in [2.45, 2.75) is 38.5 Å². The first kappa shape index (κ1) is 13.6. The van der Waals surface area contributed by atoms with E-state index in [1.165, 1.54) is 6.42 Å². The first-order chi connectivity index (χ1) is 13.6. The van der Waals surface area contributed by atoms with Gasteiger partial charge in [0.2, 0.25) is 0 Å². The lowest BCUT2D eigenvalue weighted by Gasteiger charge is -2.21. The van der Waals surface area contributed by atoms with Crippen LogP contribution >= 0.6 is 0 Å². The van der Waals surface area contributed by atoms with Gasteiger partial charge >= 0.3 is 0 Å². The number of aromatic nitrogens is 1. The van der Waals surface area contributed by atoms with Crippen molar-refractivity contribution >= 4 is 21.9 Å². The molecule has 0 aliphatic heterocycles. The molecule has 130 valence electrons. The molecule has 1 aliphatic rings. The minimum absolute atomic E-state index is 0.0819. The zero-order chi connectivity index (χ0) is 19.1. The van der Waals surface area contributed by atoms with Crippen LogP contribution < -0.4 is 0 Å². The molecule has 0 atom stereocenters. The van der Waals surface area contributed by atoms with Gasteiger partial charge in [-0.15, -0.1) is 0 Å². The van der Waals surface area contributed by atoms with Crippen LogP contribution in [-0.2, 0) is 6.37 Å². The summed E-state index contributed by atoms with van der Waals surface area (Å²) in [7, 11) is 0. The molecule has 2 heteroatoms. The lowest BCUT2D eigenvalue weighted by atomic mass is 9.85. The van der Waals surface area contributed by atoms with E-state index in [9.17, 15) is 0 Å². The smallest absolute Gasteiger partial charge is 0.144 e. The predicted molar refractivity (Wildman–Crippen MR) is 107 cm³/mol. The van der Waals surface area contributed by atoms with Crippen LogP contribution in [0.4, 0.5) is 0 Å².